The van der Waals surface area contributed by atoms with Crippen LogP contribution in [0.5, 0.6) is 5.75 Å². The number of nitrogens with zero attached hydrogens (tertiary/aromatic N) is 1. The van der Waals surface area contributed by atoms with Gasteiger partial charge in [0.05, 0.1) is 11.8 Å². The third-order valence-electron chi connectivity index (χ3n) is 2.43. The Labute approximate surface area is 117 Å². The van der Waals surface area contributed by atoms with E-state index in [1.54, 1.807) is 18.2 Å². The molecule has 2 rings (SSSR count). The average molecular weight is 298 g/mol. The van der Waals surface area contributed by atoms with E-state index >= 15 is 0 Å². The lowest BCUT2D eigenvalue weighted by atomic mass is 10.2. The van der Waals surface area contributed by atoms with Crippen LogP contribution in [0.2, 0.25) is 0 Å². The number of pyridine rings is 1. The Bertz CT molecular complexity index is 645. The van der Waals surface area contributed by atoms with Gasteiger partial charge in [0.25, 0.3) is 5.82 Å². The summed E-state index contributed by atoms with van der Waals surface area (Å²) in [7, 11) is 0. The van der Waals surface area contributed by atoms with Crippen LogP contribution in [0, 0.1) is 5.21 Å². The maximum atomic E-state index is 12.5. The van der Waals surface area contributed by atoms with Crippen molar-refractivity contribution < 1.29 is 27.4 Å². The number of ether oxygens (including phenoxy) is 1. The van der Waals surface area contributed by atoms with Crippen LogP contribution in [-0.4, -0.2) is 6.09 Å². The van der Waals surface area contributed by atoms with E-state index in [4.69, 9.17) is 4.74 Å². The van der Waals surface area contributed by atoms with Gasteiger partial charge in [0.2, 0.25) is 0 Å². The quantitative estimate of drug-likeness (QED) is 0.684. The number of benzene rings is 1. The molecule has 1 aromatic carbocycles. The number of halogens is 3. The number of para-hydroxylation sites is 1. The first-order valence-corrected chi connectivity index (χ1v) is 5.70. The summed E-state index contributed by atoms with van der Waals surface area (Å²) in [6, 6.07) is 9.03. The Morgan fingerprint density at radius 1 is 1.19 bits per heavy atom. The number of rotatable bonds is 2. The van der Waals surface area contributed by atoms with E-state index in [1.165, 1.54) is 12.1 Å². The molecule has 0 spiro atoms. The lowest BCUT2D eigenvalue weighted by Crippen LogP contribution is -2.34. The summed E-state index contributed by atoms with van der Waals surface area (Å²) in [6.07, 6.45) is -5.03. The van der Waals surface area contributed by atoms with Crippen LogP contribution in [0.1, 0.15) is 5.56 Å². The summed E-state index contributed by atoms with van der Waals surface area (Å²) >= 11 is 0. The SMILES string of the molecule is O=C(Nc1cc(C(F)(F)F)cc[n+]1[O-])Oc1ccccc1. The fraction of sp³-hybridized carbons (Fsp3) is 0.0769. The molecule has 5 nitrogen and oxygen atoms in total. The number of anilines is 1. The topological polar surface area (TPSA) is 65.3 Å². The molecule has 0 bridgehead atoms. The summed E-state index contributed by atoms with van der Waals surface area (Å²) in [6.45, 7) is 0. The van der Waals surface area contributed by atoms with Gasteiger partial charge in [-0.3, -0.25) is 0 Å². The highest BCUT2D eigenvalue weighted by atomic mass is 19.4. The fourth-order valence-electron chi connectivity index (χ4n) is 1.48. The largest absolute Gasteiger partial charge is 0.711 e. The number of alkyl halides is 3. The van der Waals surface area contributed by atoms with Crippen LogP contribution < -0.4 is 14.8 Å². The van der Waals surface area contributed by atoms with Crippen molar-refractivity contribution in [2.75, 3.05) is 5.32 Å². The molecule has 2 aromatic rings. The second kappa shape index (κ2) is 5.70. The third kappa shape index (κ3) is 3.85. The standard InChI is InChI=1S/C13H9F3N2O3/c14-13(15,16)9-6-7-18(20)11(8-9)17-12(19)21-10-4-2-1-3-5-10/h1-8H,(H,17,19). The molecule has 0 atom stereocenters. The van der Waals surface area contributed by atoms with Gasteiger partial charge in [-0.25, -0.2) is 4.73 Å². The van der Waals surface area contributed by atoms with Gasteiger partial charge in [0.1, 0.15) is 5.75 Å². The third-order valence-corrected chi connectivity index (χ3v) is 2.43. The van der Waals surface area contributed by atoms with Crippen LogP contribution in [0.3, 0.4) is 0 Å². The monoisotopic (exact) mass is 298 g/mol. The molecular formula is C13H9F3N2O3. The minimum absolute atomic E-state index is 0.0987. The van der Waals surface area contributed by atoms with Gasteiger partial charge >= 0.3 is 12.3 Å². The molecule has 8 heteroatoms. The molecular weight excluding hydrogens is 289 g/mol. The minimum Gasteiger partial charge on any atom is -0.711 e. The van der Waals surface area contributed by atoms with E-state index in [2.05, 4.69) is 0 Å². The molecule has 0 aliphatic heterocycles. The molecule has 110 valence electrons. The summed E-state index contributed by atoms with van der Waals surface area (Å²) in [5.41, 5.74) is -1.05. The number of carbonyl (C=O) groups is 1. The molecule has 0 radical (unpaired) electrons. The van der Waals surface area contributed by atoms with Crippen molar-refractivity contribution in [3.05, 3.63) is 59.4 Å². The first-order valence-electron chi connectivity index (χ1n) is 5.70. The highest BCUT2D eigenvalue weighted by Crippen LogP contribution is 2.29. The van der Waals surface area contributed by atoms with E-state index in [0.29, 0.717) is 18.3 Å². The van der Waals surface area contributed by atoms with Crippen LogP contribution >= 0.6 is 0 Å². The van der Waals surface area contributed by atoms with Crippen molar-refractivity contribution in [3.63, 3.8) is 0 Å². The summed E-state index contributed by atoms with van der Waals surface area (Å²) in [4.78, 5) is 11.5. The van der Waals surface area contributed by atoms with Crippen LogP contribution in [0.4, 0.5) is 23.8 Å². The van der Waals surface area contributed by atoms with Gasteiger partial charge in [-0.2, -0.15) is 23.3 Å². The first-order chi connectivity index (χ1) is 9.86. The number of nitrogens with one attached hydrogen (secondary N) is 1. The summed E-state index contributed by atoms with van der Waals surface area (Å²) in [5.74, 6) is -0.384. The van der Waals surface area contributed by atoms with E-state index in [9.17, 15) is 23.2 Å². The zero-order valence-electron chi connectivity index (χ0n) is 10.4. The first kappa shape index (κ1) is 14.6. The van der Waals surface area contributed by atoms with Crippen molar-refractivity contribution in [1.29, 1.82) is 0 Å². The van der Waals surface area contributed by atoms with Crippen LogP contribution in [-0.2, 0) is 6.18 Å². The van der Waals surface area contributed by atoms with Crippen molar-refractivity contribution in [3.8, 4) is 5.75 Å². The van der Waals surface area contributed by atoms with Gasteiger partial charge in [0.15, 0.2) is 0 Å². The predicted molar refractivity (Wildman–Crippen MR) is 66.5 cm³/mol. The van der Waals surface area contributed by atoms with Crippen molar-refractivity contribution >= 4 is 11.9 Å². The van der Waals surface area contributed by atoms with Gasteiger partial charge < -0.3 is 9.94 Å². The lowest BCUT2D eigenvalue weighted by molar-refractivity contribution is -0.590. The van der Waals surface area contributed by atoms with E-state index < -0.39 is 23.7 Å². The number of hydrogen-bond acceptors (Lipinski definition) is 3. The molecule has 0 saturated carbocycles. The molecule has 1 heterocycles. The second-order valence-electron chi connectivity index (χ2n) is 3.95. The van der Waals surface area contributed by atoms with Crippen molar-refractivity contribution in [2.24, 2.45) is 0 Å². The van der Waals surface area contributed by atoms with E-state index in [0.717, 1.165) is 0 Å². The zero-order chi connectivity index (χ0) is 15.5. The van der Waals surface area contributed by atoms with Crippen molar-refractivity contribution in [2.45, 2.75) is 6.18 Å². The molecule has 1 aromatic heterocycles. The summed E-state index contributed by atoms with van der Waals surface area (Å²) in [5, 5.41) is 13.3. The van der Waals surface area contributed by atoms with Crippen molar-refractivity contribution in [1.82, 2.24) is 0 Å². The molecule has 1 N–H and O–H groups in total. The molecule has 0 unspecified atom stereocenters. The number of aromatic nitrogens is 1. The fourth-order valence-corrected chi connectivity index (χ4v) is 1.48. The predicted octanol–water partition coefficient (Wildman–Crippen LogP) is 2.95. The van der Waals surface area contributed by atoms with E-state index in [-0.39, 0.29) is 10.5 Å². The highest BCUT2D eigenvalue weighted by molar-refractivity contribution is 5.84. The molecule has 0 aliphatic rings. The Morgan fingerprint density at radius 2 is 1.86 bits per heavy atom. The van der Waals surface area contributed by atoms with Crippen LogP contribution in [0.25, 0.3) is 0 Å². The number of hydrogen-bond donors (Lipinski definition) is 1. The zero-order valence-corrected chi connectivity index (χ0v) is 10.4. The molecule has 1 amide bonds. The van der Waals surface area contributed by atoms with E-state index in [1.807, 2.05) is 5.32 Å². The van der Waals surface area contributed by atoms with Gasteiger partial charge in [-0.15, -0.1) is 0 Å². The average Bonchev–Trinajstić information content (AvgIpc) is 2.41. The van der Waals surface area contributed by atoms with Crippen LogP contribution in [0.15, 0.2) is 48.7 Å². The highest BCUT2D eigenvalue weighted by Gasteiger charge is 2.32. The Hall–Kier alpha value is -2.77. The Kier molecular flexibility index (Phi) is 3.97. The lowest BCUT2D eigenvalue weighted by Gasteiger charge is -2.11. The smallest absolute Gasteiger partial charge is 0.510 e. The maximum absolute atomic E-state index is 12.5. The molecule has 21 heavy (non-hydrogen) atoms. The number of amides is 1. The number of carbonyl (C=O) groups excluding carboxylic acids is 1. The maximum Gasteiger partial charge on any atom is 0.510 e. The molecule has 0 saturated heterocycles. The molecule has 0 fully saturated rings. The second-order valence-corrected chi connectivity index (χ2v) is 3.95. The molecule has 0 aliphatic carbocycles. The minimum atomic E-state index is -4.62. The Morgan fingerprint density at radius 3 is 2.48 bits per heavy atom. The van der Waals surface area contributed by atoms with Gasteiger partial charge in [-0.1, -0.05) is 18.2 Å². The Balaban J connectivity index is 2.14. The van der Waals surface area contributed by atoms with Gasteiger partial charge in [0, 0.05) is 6.07 Å². The van der Waals surface area contributed by atoms with Gasteiger partial charge in [-0.05, 0) is 18.2 Å². The normalized spacial score (nSPS) is 11.0. The summed E-state index contributed by atoms with van der Waals surface area (Å²) < 4.78 is 42.5.